The molecule has 0 saturated heterocycles. The Morgan fingerprint density at radius 3 is 2.59 bits per heavy atom. The molecule has 1 aromatic carbocycles. The van der Waals surface area contributed by atoms with E-state index < -0.39 is 0 Å². The minimum Gasteiger partial charge on any atom is -0.324 e. The van der Waals surface area contributed by atoms with Gasteiger partial charge in [-0.1, -0.05) is 24.3 Å². The summed E-state index contributed by atoms with van der Waals surface area (Å²) in [6, 6.07) is 8.05. The van der Waals surface area contributed by atoms with E-state index in [2.05, 4.69) is 46.3 Å². The highest BCUT2D eigenvalue weighted by Crippen LogP contribution is 2.22. The van der Waals surface area contributed by atoms with Crippen LogP contribution in [0.5, 0.6) is 0 Å². The molecule has 0 fully saturated rings. The molecule has 1 aromatic heterocycles. The second kappa shape index (κ2) is 7.75. The molecule has 22 heavy (non-hydrogen) atoms. The molecule has 0 aliphatic heterocycles. The highest BCUT2D eigenvalue weighted by Gasteiger charge is 2.08. The van der Waals surface area contributed by atoms with Gasteiger partial charge in [-0.3, -0.25) is 0 Å². The summed E-state index contributed by atoms with van der Waals surface area (Å²) in [4.78, 5) is 13.3. The monoisotopic (exact) mass is 312 g/mol. The van der Waals surface area contributed by atoms with Crippen molar-refractivity contribution in [2.75, 3.05) is 11.6 Å². The summed E-state index contributed by atoms with van der Waals surface area (Å²) in [5, 5.41) is 4.18. The molecule has 0 atom stereocenters. The average molecular weight is 312 g/mol. The van der Waals surface area contributed by atoms with Gasteiger partial charge in [-0.15, -0.1) is 11.8 Å². The summed E-state index contributed by atoms with van der Waals surface area (Å²) in [6.07, 6.45) is 7.41. The number of nitrogens with one attached hydrogen (secondary N) is 1. The van der Waals surface area contributed by atoms with Gasteiger partial charge in [-0.25, -0.2) is 15.0 Å². The highest BCUT2D eigenvalue weighted by atomic mass is 32.2. The van der Waals surface area contributed by atoms with Crippen molar-refractivity contribution in [3.05, 3.63) is 59.6 Å². The highest BCUT2D eigenvalue weighted by molar-refractivity contribution is 8.13. The van der Waals surface area contributed by atoms with Gasteiger partial charge in [0.1, 0.15) is 10.7 Å². The van der Waals surface area contributed by atoms with E-state index in [9.17, 15) is 0 Å². The van der Waals surface area contributed by atoms with Crippen LogP contribution in [-0.2, 0) is 0 Å². The first-order chi connectivity index (χ1) is 10.7. The lowest BCUT2D eigenvalue weighted by Crippen LogP contribution is -2.05. The second-order valence-electron chi connectivity index (χ2n) is 4.78. The number of allylic oxidation sites excluding steroid dienone is 1. The molecule has 4 nitrogen and oxygen atoms in total. The van der Waals surface area contributed by atoms with Crippen LogP contribution in [0.25, 0.3) is 0 Å². The number of hydrogen-bond acceptors (Lipinski definition) is 5. The van der Waals surface area contributed by atoms with Gasteiger partial charge < -0.3 is 5.32 Å². The third-order valence-corrected chi connectivity index (χ3v) is 3.83. The van der Waals surface area contributed by atoms with Crippen LogP contribution in [0.3, 0.4) is 0 Å². The van der Waals surface area contributed by atoms with Crippen LogP contribution in [0.4, 0.5) is 11.6 Å². The molecule has 0 unspecified atom stereocenters. The molecule has 2 rings (SSSR count). The maximum Gasteiger partial charge on any atom is 0.227 e. The van der Waals surface area contributed by atoms with Crippen molar-refractivity contribution in [2.24, 2.45) is 4.99 Å². The van der Waals surface area contributed by atoms with Gasteiger partial charge in [-0.2, -0.15) is 0 Å². The largest absolute Gasteiger partial charge is 0.324 e. The number of thioether (sulfide) groups is 1. The van der Waals surface area contributed by atoms with Gasteiger partial charge in [0.2, 0.25) is 5.95 Å². The van der Waals surface area contributed by atoms with Crippen LogP contribution in [0.1, 0.15) is 23.7 Å². The number of anilines is 2. The topological polar surface area (TPSA) is 50.2 Å². The Labute approximate surface area is 135 Å². The third-order valence-electron chi connectivity index (χ3n) is 3.13. The Bertz CT molecular complexity index is 687. The van der Waals surface area contributed by atoms with Crippen LogP contribution in [0.15, 0.2) is 47.7 Å². The van der Waals surface area contributed by atoms with Gasteiger partial charge in [-0.05, 0) is 44.2 Å². The van der Waals surface area contributed by atoms with Crippen molar-refractivity contribution in [1.82, 2.24) is 9.97 Å². The maximum absolute atomic E-state index is 4.57. The van der Waals surface area contributed by atoms with Crippen molar-refractivity contribution in [2.45, 2.75) is 20.8 Å². The van der Waals surface area contributed by atoms with Gasteiger partial charge >= 0.3 is 0 Å². The fourth-order valence-corrected chi connectivity index (χ4v) is 2.52. The van der Waals surface area contributed by atoms with E-state index >= 15 is 0 Å². The minimum absolute atomic E-state index is 0.581. The first-order valence-corrected chi connectivity index (χ1v) is 8.27. The quantitative estimate of drug-likeness (QED) is 0.668. The van der Waals surface area contributed by atoms with Crippen LogP contribution in [0.2, 0.25) is 0 Å². The van der Waals surface area contributed by atoms with Crippen molar-refractivity contribution in [3.63, 3.8) is 0 Å². The van der Waals surface area contributed by atoms with Gasteiger partial charge in [0, 0.05) is 18.1 Å². The summed E-state index contributed by atoms with van der Waals surface area (Å²) in [7, 11) is 0. The van der Waals surface area contributed by atoms with E-state index in [1.54, 1.807) is 24.2 Å². The Morgan fingerprint density at radius 1 is 1.23 bits per heavy atom. The lowest BCUT2D eigenvalue weighted by atomic mass is 10.1. The molecule has 0 amide bonds. The molecular formula is C17H20N4S. The zero-order valence-electron chi connectivity index (χ0n) is 13.3. The zero-order chi connectivity index (χ0) is 15.9. The summed E-state index contributed by atoms with van der Waals surface area (Å²) in [5.74, 6) is 0.581. The van der Waals surface area contributed by atoms with Crippen LogP contribution >= 0.6 is 11.8 Å². The lowest BCUT2D eigenvalue weighted by Gasteiger charge is -2.11. The van der Waals surface area contributed by atoms with Crippen molar-refractivity contribution >= 4 is 28.4 Å². The van der Waals surface area contributed by atoms with E-state index in [0.717, 1.165) is 16.4 Å². The van der Waals surface area contributed by atoms with Gasteiger partial charge in [0.25, 0.3) is 0 Å². The SMILES string of the molecule is C/C=C/N=C(SC)c1ccnc(Nc2c(C)cccc2C)n1. The van der Waals surface area contributed by atoms with E-state index in [-0.39, 0.29) is 0 Å². The lowest BCUT2D eigenvalue weighted by molar-refractivity contribution is 1.14. The normalized spacial score (nSPS) is 11.9. The molecular weight excluding hydrogens is 292 g/mol. The molecule has 5 heteroatoms. The van der Waals surface area contributed by atoms with Gasteiger partial charge in [0.05, 0.1) is 0 Å². The van der Waals surface area contributed by atoms with E-state index in [1.165, 1.54) is 11.1 Å². The van der Waals surface area contributed by atoms with Crippen LogP contribution in [-0.4, -0.2) is 21.3 Å². The predicted octanol–water partition coefficient (Wildman–Crippen LogP) is 4.48. The first-order valence-electron chi connectivity index (χ1n) is 7.05. The summed E-state index contributed by atoms with van der Waals surface area (Å²) >= 11 is 1.56. The van der Waals surface area contributed by atoms with Crippen LogP contribution in [0, 0.1) is 13.8 Å². The Morgan fingerprint density at radius 2 is 1.95 bits per heavy atom. The summed E-state index contributed by atoms with van der Waals surface area (Å²) in [6.45, 7) is 6.08. The molecule has 114 valence electrons. The van der Waals surface area contributed by atoms with E-state index in [1.807, 2.05) is 31.4 Å². The molecule has 0 aliphatic rings. The standard InChI is InChI=1S/C17H20N4S/c1-5-10-18-16(22-4)14-9-11-19-17(20-14)21-15-12(2)7-6-8-13(15)3/h5-11H,1-4H3,(H,19,20,21)/b10-5+,18-16?. The number of benzene rings is 1. The Hall–Kier alpha value is -2.14. The summed E-state index contributed by atoms with van der Waals surface area (Å²) < 4.78 is 0. The Balaban J connectivity index is 2.33. The molecule has 0 bridgehead atoms. The van der Waals surface area contributed by atoms with Gasteiger partial charge in [0.15, 0.2) is 0 Å². The Kier molecular flexibility index (Phi) is 5.72. The number of hydrogen-bond donors (Lipinski definition) is 1. The van der Waals surface area contributed by atoms with Crippen molar-refractivity contribution in [3.8, 4) is 0 Å². The van der Waals surface area contributed by atoms with Crippen LogP contribution < -0.4 is 5.32 Å². The maximum atomic E-state index is 4.57. The smallest absolute Gasteiger partial charge is 0.227 e. The molecule has 1 heterocycles. The number of aryl methyl sites for hydroxylation is 2. The summed E-state index contributed by atoms with van der Waals surface area (Å²) in [5.41, 5.74) is 4.20. The molecule has 0 aliphatic carbocycles. The molecule has 0 saturated carbocycles. The van der Waals surface area contributed by atoms with E-state index in [0.29, 0.717) is 5.95 Å². The van der Waals surface area contributed by atoms with Crippen molar-refractivity contribution in [1.29, 1.82) is 0 Å². The first kappa shape index (κ1) is 16.2. The fourth-order valence-electron chi connectivity index (χ4n) is 2.03. The molecule has 0 spiro atoms. The van der Waals surface area contributed by atoms with Crippen molar-refractivity contribution < 1.29 is 0 Å². The number of aliphatic imine (C=N–C) groups is 1. The van der Waals surface area contributed by atoms with E-state index in [4.69, 9.17) is 0 Å². The number of rotatable bonds is 4. The average Bonchev–Trinajstić information content (AvgIpc) is 2.52. The fraction of sp³-hybridized carbons (Fsp3) is 0.235. The number of para-hydroxylation sites is 1. The minimum atomic E-state index is 0.581. The second-order valence-corrected chi connectivity index (χ2v) is 5.57. The molecule has 1 N–H and O–H groups in total. The third kappa shape index (κ3) is 3.95. The molecule has 2 aromatic rings. The molecule has 0 radical (unpaired) electrons. The predicted molar refractivity (Wildman–Crippen MR) is 96.1 cm³/mol. The number of aromatic nitrogens is 2. The number of nitrogens with zero attached hydrogens (tertiary/aromatic N) is 3. The zero-order valence-corrected chi connectivity index (χ0v) is 14.1.